The van der Waals surface area contributed by atoms with Crippen LogP contribution in [0.25, 0.3) is 0 Å². The van der Waals surface area contributed by atoms with E-state index in [9.17, 15) is 4.79 Å². The number of benzene rings is 1. The molecule has 0 saturated carbocycles. The second-order valence-electron chi connectivity index (χ2n) is 6.32. The van der Waals surface area contributed by atoms with Crippen molar-refractivity contribution in [1.82, 2.24) is 15.1 Å². The average Bonchev–Trinajstić information content (AvgIpc) is 3.07. The number of hydrogen-bond acceptors (Lipinski definition) is 4. The molecule has 0 aliphatic carbocycles. The van der Waals surface area contributed by atoms with Crippen LogP contribution in [0, 0.1) is 0 Å². The largest absolute Gasteiger partial charge is 0.425 e. The van der Waals surface area contributed by atoms with E-state index >= 15 is 0 Å². The Labute approximate surface area is 150 Å². The summed E-state index contributed by atoms with van der Waals surface area (Å²) < 4.78 is 5.74. The van der Waals surface area contributed by atoms with Gasteiger partial charge in [-0.05, 0) is 31.0 Å². The fourth-order valence-corrected chi connectivity index (χ4v) is 3.18. The van der Waals surface area contributed by atoms with Gasteiger partial charge in [-0.2, -0.15) is 0 Å². The standard InChI is InChI=1S/C17H19Cl2N3O2/c1-10(2)15-20-21-16(24-15)11-5-7-22(8-6-11)17(23)13-9-12(18)3-4-14(13)19/h3-4,9-11H,5-8H2,1-2H3. The highest BCUT2D eigenvalue weighted by Gasteiger charge is 2.28. The van der Waals surface area contributed by atoms with Gasteiger partial charge < -0.3 is 9.32 Å². The third kappa shape index (κ3) is 3.57. The molecule has 7 heteroatoms. The summed E-state index contributed by atoms with van der Waals surface area (Å²) in [5.74, 6) is 1.66. The van der Waals surface area contributed by atoms with E-state index in [0.29, 0.717) is 40.5 Å². The fraction of sp³-hybridized carbons (Fsp3) is 0.471. The lowest BCUT2D eigenvalue weighted by atomic mass is 9.96. The Morgan fingerprint density at radius 2 is 1.96 bits per heavy atom. The van der Waals surface area contributed by atoms with Crippen molar-refractivity contribution in [2.75, 3.05) is 13.1 Å². The molecule has 1 aromatic heterocycles. The Morgan fingerprint density at radius 1 is 1.25 bits per heavy atom. The molecule has 0 bridgehead atoms. The van der Waals surface area contributed by atoms with Crippen molar-refractivity contribution in [1.29, 1.82) is 0 Å². The monoisotopic (exact) mass is 367 g/mol. The van der Waals surface area contributed by atoms with E-state index in [1.807, 2.05) is 13.8 Å². The summed E-state index contributed by atoms with van der Waals surface area (Å²) >= 11 is 12.1. The van der Waals surface area contributed by atoms with Crippen LogP contribution in [0.5, 0.6) is 0 Å². The molecule has 2 aromatic rings. The molecule has 0 atom stereocenters. The molecule has 1 saturated heterocycles. The summed E-state index contributed by atoms with van der Waals surface area (Å²) in [6.07, 6.45) is 1.59. The molecule has 1 aliphatic rings. The van der Waals surface area contributed by atoms with Crippen LogP contribution in [-0.4, -0.2) is 34.1 Å². The van der Waals surface area contributed by atoms with Crippen LogP contribution in [0.15, 0.2) is 22.6 Å². The van der Waals surface area contributed by atoms with Gasteiger partial charge in [-0.3, -0.25) is 4.79 Å². The molecule has 0 spiro atoms. The second kappa shape index (κ2) is 7.11. The molecule has 1 amide bonds. The SMILES string of the molecule is CC(C)c1nnc(C2CCN(C(=O)c3cc(Cl)ccc3Cl)CC2)o1. The lowest BCUT2D eigenvalue weighted by Crippen LogP contribution is -2.38. The quantitative estimate of drug-likeness (QED) is 0.799. The van der Waals surface area contributed by atoms with E-state index < -0.39 is 0 Å². The Bertz CT molecular complexity index is 737. The van der Waals surface area contributed by atoms with E-state index in [1.165, 1.54) is 0 Å². The number of hydrogen-bond donors (Lipinski definition) is 0. The van der Waals surface area contributed by atoms with Gasteiger partial charge in [0, 0.05) is 29.9 Å². The maximum Gasteiger partial charge on any atom is 0.255 e. The lowest BCUT2D eigenvalue weighted by Gasteiger charge is -2.30. The smallest absolute Gasteiger partial charge is 0.255 e. The fourth-order valence-electron chi connectivity index (χ4n) is 2.81. The number of halogens is 2. The minimum absolute atomic E-state index is 0.0886. The number of nitrogens with zero attached hydrogens (tertiary/aromatic N) is 3. The van der Waals surface area contributed by atoms with Crippen molar-refractivity contribution in [2.45, 2.75) is 38.5 Å². The first-order valence-electron chi connectivity index (χ1n) is 8.03. The van der Waals surface area contributed by atoms with Crippen molar-refractivity contribution in [3.8, 4) is 0 Å². The van der Waals surface area contributed by atoms with Crippen LogP contribution in [0.2, 0.25) is 10.0 Å². The Balaban J connectivity index is 1.66. The molecule has 0 radical (unpaired) electrons. The molecule has 5 nitrogen and oxygen atoms in total. The topological polar surface area (TPSA) is 59.2 Å². The maximum absolute atomic E-state index is 12.6. The van der Waals surface area contributed by atoms with Crippen molar-refractivity contribution < 1.29 is 9.21 Å². The van der Waals surface area contributed by atoms with Crippen LogP contribution in [0.3, 0.4) is 0 Å². The van der Waals surface area contributed by atoms with Crippen molar-refractivity contribution >= 4 is 29.1 Å². The molecule has 1 aromatic carbocycles. The van der Waals surface area contributed by atoms with Gasteiger partial charge in [-0.1, -0.05) is 37.0 Å². The number of carbonyl (C=O) groups is 1. The number of aromatic nitrogens is 2. The van der Waals surface area contributed by atoms with Gasteiger partial charge in [0.25, 0.3) is 5.91 Å². The van der Waals surface area contributed by atoms with Crippen LogP contribution in [-0.2, 0) is 0 Å². The van der Waals surface area contributed by atoms with E-state index in [0.717, 1.165) is 12.8 Å². The Morgan fingerprint density at radius 3 is 2.58 bits per heavy atom. The minimum atomic E-state index is -0.0886. The zero-order chi connectivity index (χ0) is 17.3. The highest BCUT2D eigenvalue weighted by molar-refractivity contribution is 6.35. The maximum atomic E-state index is 12.6. The first-order chi connectivity index (χ1) is 11.5. The number of likely N-dealkylation sites (tertiary alicyclic amines) is 1. The highest BCUT2D eigenvalue weighted by Crippen LogP contribution is 2.30. The molecule has 2 heterocycles. The first kappa shape index (κ1) is 17.2. The molecule has 1 fully saturated rings. The number of piperidine rings is 1. The number of amides is 1. The zero-order valence-electron chi connectivity index (χ0n) is 13.6. The van der Waals surface area contributed by atoms with E-state index in [-0.39, 0.29) is 17.7 Å². The molecule has 1 aliphatic heterocycles. The Kier molecular flexibility index (Phi) is 5.11. The summed E-state index contributed by atoms with van der Waals surface area (Å²) in [6.45, 7) is 5.30. The highest BCUT2D eigenvalue weighted by atomic mass is 35.5. The van der Waals surface area contributed by atoms with Crippen LogP contribution in [0.4, 0.5) is 0 Å². The molecule has 0 unspecified atom stereocenters. The summed E-state index contributed by atoms with van der Waals surface area (Å²) in [7, 11) is 0. The van der Waals surface area contributed by atoms with E-state index in [4.69, 9.17) is 27.6 Å². The summed E-state index contributed by atoms with van der Waals surface area (Å²) in [5.41, 5.74) is 0.447. The van der Waals surface area contributed by atoms with Gasteiger partial charge in [-0.15, -0.1) is 10.2 Å². The summed E-state index contributed by atoms with van der Waals surface area (Å²) in [4.78, 5) is 14.4. The summed E-state index contributed by atoms with van der Waals surface area (Å²) in [6, 6.07) is 4.94. The van der Waals surface area contributed by atoms with Crippen molar-refractivity contribution in [3.63, 3.8) is 0 Å². The third-order valence-corrected chi connectivity index (χ3v) is 4.81. The normalized spacial score (nSPS) is 16.0. The summed E-state index contributed by atoms with van der Waals surface area (Å²) in [5, 5.41) is 9.17. The van der Waals surface area contributed by atoms with Gasteiger partial charge in [-0.25, -0.2) is 0 Å². The molecule has 0 N–H and O–H groups in total. The number of rotatable bonds is 3. The molecule has 24 heavy (non-hydrogen) atoms. The minimum Gasteiger partial charge on any atom is -0.425 e. The van der Waals surface area contributed by atoms with Crippen LogP contribution < -0.4 is 0 Å². The van der Waals surface area contributed by atoms with Crippen molar-refractivity contribution in [2.24, 2.45) is 0 Å². The predicted molar refractivity (Wildman–Crippen MR) is 92.7 cm³/mol. The zero-order valence-corrected chi connectivity index (χ0v) is 15.1. The van der Waals surface area contributed by atoms with Crippen LogP contribution in [0.1, 0.15) is 60.7 Å². The average molecular weight is 368 g/mol. The van der Waals surface area contributed by atoms with Gasteiger partial charge in [0.15, 0.2) is 0 Å². The van der Waals surface area contributed by atoms with Gasteiger partial charge in [0.1, 0.15) is 0 Å². The first-order valence-corrected chi connectivity index (χ1v) is 8.79. The third-order valence-electron chi connectivity index (χ3n) is 4.24. The lowest BCUT2D eigenvalue weighted by molar-refractivity contribution is 0.0706. The molecular weight excluding hydrogens is 349 g/mol. The van der Waals surface area contributed by atoms with Gasteiger partial charge in [0.05, 0.1) is 10.6 Å². The van der Waals surface area contributed by atoms with Crippen molar-refractivity contribution in [3.05, 3.63) is 45.6 Å². The second-order valence-corrected chi connectivity index (χ2v) is 7.17. The van der Waals surface area contributed by atoms with E-state index in [1.54, 1.807) is 23.1 Å². The molecular formula is C17H19Cl2N3O2. The van der Waals surface area contributed by atoms with Gasteiger partial charge >= 0.3 is 0 Å². The molecule has 3 rings (SSSR count). The van der Waals surface area contributed by atoms with Crippen LogP contribution >= 0.6 is 23.2 Å². The number of carbonyl (C=O) groups excluding carboxylic acids is 1. The van der Waals surface area contributed by atoms with E-state index in [2.05, 4.69) is 10.2 Å². The predicted octanol–water partition coefficient (Wildman–Crippen LogP) is 4.52. The molecule has 128 valence electrons. The Hall–Kier alpha value is -1.59. The van der Waals surface area contributed by atoms with Gasteiger partial charge in [0.2, 0.25) is 11.8 Å².